The Bertz CT molecular complexity index is 698. The standard InChI is InChI=1S/C16H12Cl2O3/c17-12-3-1-2-10(16(12)18)4-6-13(19)11-5-7-14-15(8-11)21-9-20-14/h1-3,5,7-8H,4,6,9H2. The van der Waals surface area contributed by atoms with Crippen LogP contribution in [-0.2, 0) is 6.42 Å². The molecular weight excluding hydrogens is 311 g/mol. The summed E-state index contributed by atoms with van der Waals surface area (Å²) in [5, 5.41) is 1.02. The van der Waals surface area contributed by atoms with E-state index in [0.717, 1.165) is 5.56 Å². The van der Waals surface area contributed by atoms with Crippen molar-refractivity contribution in [1.29, 1.82) is 0 Å². The molecular formula is C16H12Cl2O3. The molecule has 1 aliphatic heterocycles. The Kier molecular flexibility index (Phi) is 4.04. The summed E-state index contributed by atoms with van der Waals surface area (Å²) in [6.45, 7) is 0.200. The first-order chi connectivity index (χ1) is 10.1. The fourth-order valence-corrected chi connectivity index (χ4v) is 2.62. The van der Waals surface area contributed by atoms with Crippen LogP contribution in [0.3, 0.4) is 0 Å². The molecule has 21 heavy (non-hydrogen) atoms. The lowest BCUT2D eigenvalue weighted by Crippen LogP contribution is -2.01. The highest BCUT2D eigenvalue weighted by Gasteiger charge is 2.16. The van der Waals surface area contributed by atoms with Crippen LogP contribution in [0, 0.1) is 0 Å². The summed E-state index contributed by atoms with van der Waals surface area (Å²) in [5.41, 5.74) is 1.48. The van der Waals surface area contributed by atoms with Gasteiger partial charge in [-0.25, -0.2) is 0 Å². The average Bonchev–Trinajstić information content (AvgIpc) is 2.96. The number of benzene rings is 2. The SMILES string of the molecule is O=C(CCc1cccc(Cl)c1Cl)c1ccc2c(c1)OCO2. The molecule has 0 bridgehead atoms. The van der Waals surface area contributed by atoms with Crippen molar-refractivity contribution < 1.29 is 14.3 Å². The molecule has 0 saturated carbocycles. The molecule has 0 aliphatic carbocycles. The normalized spacial score (nSPS) is 12.5. The van der Waals surface area contributed by atoms with Crippen LogP contribution >= 0.6 is 23.2 Å². The maximum absolute atomic E-state index is 12.2. The lowest BCUT2D eigenvalue weighted by Gasteiger charge is -2.06. The minimum atomic E-state index is 0.0318. The summed E-state index contributed by atoms with van der Waals surface area (Å²) in [4.78, 5) is 12.2. The molecule has 0 saturated heterocycles. The van der Waals surface area contributed by atoms with Crippen molar-refractivity contribution in [2.75, 3.05) is 6.79 Å². The molecule has 1 heterocycles. The van der Waals surface area contributed by atoms with Gasteiger partial charge >= 0.3 is 0 Å². The molecule has 1 aliphatic rings. The van der Waals surface area contributed by atoms with Crippen LogP contribution in [0.25, 0.3) is 0 Å². The van der Waals surface area contributed by atoms with E-state index >= 15 is 0 Å². The zero-order valence-corrected chi connectivity index (χ0v) is 12.6. The molecule has 0 radical (unpaired) electrons. The number of Topliss-reactive ketones (excluding diaryl/α,β-unsaturated/α-hetero) is 1. The monoisotopic (exact) mass is 322 g/mol. The van der Waals surface area contributed by atoms with Crippen molar-refractivity contribution in [3.05, 3.63) is 57.6 Å². The van der Waals surface area contributed by atoms with Gasteiger partial charge in [0, 0.05) is 12.0 Å². The molecule has 0 fully saturated rings. The quantitative estimate of drug-likeness (QED) is 0.775. The molecule has 108 valence electrons. The summed E-state index contributed by atoms with van der Waals surface area (Å²) in [6, 6.07) is 10.6. The lowest BCUT2D eigenvalue weighted by molar-refractivity contribution is 0.0982. The van der Waals surface area contributed by atoms with Gasteiger partial charge in [-0.3, -0.25) is 4.79 Å². The minimum absolute atomic E-state index is 0.0318. The largest absolute Gasteiger partial charge is 0.454 e. The summed E-state index contributed by atoms with van der Waals surface area (Å²) in [5.74, 6) is 1.32. The van der Waals surface area contributed by atoms with E-state index in [9.17, 15) is 4.79 Å². The van der Waals surface area contributed by atoms with Crippen molar-refractivity contribution >= 4 is 29.0 Å². The van der Waals surface area contributed by atoms with Crippen LogP contribution in [0.4, 0.5) is 0 Å². The third-order valence-corrected chi connectivity index (χ3v) is 4.21. The molecule has 5 heteroatoms. The number of ether oxygens (including phenoxy) is 2. The number of hydrogen-bond acceptors (Lipinski definition) is 3. The van der Waals surface area contributed by atoms with Crippen molar-refractivity contribution in [2.24, 2.45) is 0 Å². The van der Waals surface area contributed by atoms with E-state index in [-0.39, 0.29) is 12.6 Å². The zero-order valence-electron chi connectivity index (χ0n) is 11.1. The van der Waals surface area contributed by atoms with Crippen molar-refractivity contribution in [2.45, 2.75) is 12.8 Å². The van der Waals surface area contributed by atoms with E-state index in [1.165, 1.54) is 0 Å². The van der Waals surface area contributed by atoms with E-state index in [1.54, 1.807) is 24.3 Å². The second-order valence-electron chi connectivity index (χ2n) is 4.70. The Morgan fingerprint density at radius 2 is 1.90 bits per heavy atom. The first-order valence-electron chi connectivity index (χ1n) is 6.51. The van der Waals surface area contributed by atoms with E-state index in [1.807, 2.05) is 12.1 Å². The smallest absolute Gasteiger partial charge is 0.231 e. The number of halogens is 2. The molecule has 3 nitrogen and oxygen atoms in total. The van der Waals surface area contributed by atoms with E-state index < -0.39 is 0 Å². The van der Waals surface area contributed by atoms with Gasteiger partial charge in [-0.15, -0.1) is 0 Å². The van der Waals surface area contributed by atoms with Crippen molar-refractivity contribution in [3.8, 4) is 11.5 Å². The molecule has 0 N–H and O–H groups in total. The fraction of sp³-hybridized carbons (Fsp3) is 0.188. The van der Waals surface area contributed by atoms with E-state index in [2.05, 4.69) is 0 Å². The van der Waals surface area contributed by atoms with Gasteiger partial charge in [0.25, 0.3) is 0 Å². The van der Waals surface area contributed by atoms with Gasteiger partial charge in [0.15, 0.2) is 17.3 Å². The molecule has 0 aromatic heterocycles. The molecule has 0 unspecified atom stereocenters. The molecule has 0 atom stereocenters. The molecule has 0 amide bonds. The molecule has 2 aromatic carbocycles. The summed E-state index contributed by atoms with van der Waals surface area (Å²) < 4.78 is 10.5. The van der Waals surface area contributed by atoms with Crippen LogP contribution in [0.1, 0.15) is 22.3 Å². The predicted molar refractivity (Wildman–Crippen MR) is 81.7 cm³/mol. The predicted octanol–water partition coefficient (Wildman–Crippen LogP) is 4.54. The third kappa shape index (κ3) is 2.99. The Morgan fingerprint density at radius 1 is 1.10 bits per heavy atom. The maximum atomic E-state index is 12.2. The number of aryl methyl sites for hydroxylation is 1. The Morgan fingerprint density at radius 3 is 2.76 bits per heavy atom. The molecule has 3 rings (SSSR count). The van der Waals surface area contributed by atoms with Gasteiger partial charge in [-0.2, -0.15) is 0 Å². The fourth-order valence-electron chi connectivity index (χ4n) is 2.20. The highest BCUT2D eigenvalue weighted by atomic mass is 35.5. The highest BCUT2D eigenvalue weighted by Crippen LogP contribution is 2.33. The van der Waals surface area contributed by atoms with Crippen molar-refractivity contribution in [1.82, 2.24) is 0 Å². The maximum Gasteiger partial charge on any atom is 0.231 e. The van der Waals surface area contributed by atoms with Gasteiger partial charge < -0.3 is 9.47 Å². The van der Waals surface area contributed by atoms with Crippen LogP contribution in [-0.4, -0.2) is 12.6 Å². The van der Waals surface area contributed by atoms with Crippen LogP contribution in [0.15, 0.2) is 36.4 Å². The number of carbonyl (C=O) groups excluding carboxylic acids is 1. The van der Waals surface area contributed by atoms with Crippen LogP contribution in [0.2, 0.25) is 10.0 Å². The number of hydrogen-bond donors (Lipinski definition) is 0. The Hall–Kier alpha value is -1.71. The van der Waals surface area contributed by atoms with Gasteiger partial charge in [0.1, 0.15) is 0 Å². The number of fused-ring (bicyclic) bond motifs is 1. The van der Waals surface area contributed by atoms with Gasteiger partial charge in [-0.05, 0) is 36.2 Å². The highest BCUT2D eigenvalue weighted by molar-refractivity contribution is 6.42. The van der Waals surface area contributed by atoms with Crippen LogP contribution in [0.5, 0.6) is 11.5 Å². The number of ketones is 1. The van der Waals surface area contributed by atoms with Crippen LogP contribution < -0.4 is 9.47 Å². The van der Waals surface area contributed by atoms with Gasteiger partial charge in [0.05, 0.1) is 10.0 Å². The van der Waals surface area contributed by atoms with Gasteiger partial charge in [-0.1, -0.05) is 35.3 Å². The topological polar surface area (TPSA) is 35.5 Å². The molecule has 0 spiro atoms. The van der Waals surface area contributed by atoms with E-state index in [4.69, 9.17) is 32.7 Å². The first kappa shape index (κ1) is 14.2. The second kappa shape index (κ2) is 5.96. The van der Waals surface area contributed by atoms with Gasteiger partial charge in [0.2, 0.25) is 6.79 Å². The average molecular weight is 323 g/mol. The third-order valence-electron chi connectivity index (χ3n) is 3.35. The minimum Gasteiger partial charge on any atom is -0.454 e. The lowest BCUT2D eigenvalue weighted by atomic mass is 10.0. The first-order valence-corrected chi connectivity index (χ1v) is 7.26. The summed E-state index contributed by atoms with van der Waals surface area (Å²) in [6.07, 6.45) is 0.909. The Labute approximate surface area is 132 Å². The number of carbonyl (C=O) groups is 1. The second-order valence-corrected chi connectivity index (χ2v) is 5.49. The van der Waals surface area contributed by atoms with E-state index in [0.29, 0.717) is 39.9 Å². The van der Waals surface area contributed by atoms with Crippen molar-refractivity contribution in [3.63, 3.8) is 0 Å². The summed E-state index contributed by atoms with van der Waals surface area (Å²) >= 11 is 12.1. The summed E-state index contributed by atoms with van der Waals surface area (Å²) in [7, 11) is 0. The zero-order chi connectivity index (χ0) is 14.8. The molecule has 2 aromatic rings. The Balaban J connectivity index is 1.71. The number of rotatable bonds is 4.